The van der Waals surface area contributed by atoms with Crippen molar-refractivity contribution in [1.82, 2.24) is 14.9 Å². The van der Waals surface area contributed by atoms with Crippen molar-refractivity contribution in [2.24, 2.45) is 0 Å². The van der Waals surface area contributed by atoms with Crippen molar-refractivity contribution >= 4 is 11.7 Å². The molecular weight excluding hydrogens is 320 g/mol. The summed E-state index contributed by atoms with van der Waals surface area (Å²) in [5.74, 6) is 1.24. The lowest BCUT2D eigenvalue weighted by Gasteiger charge is -2.28. The molecule has 0 aromatic carbocycles. The Labute approximate surface area is 147 Å². The molecule has 7 nitrogen and oxygen atoms in total. The van der Waals surface area contributed by atoms with E-state index in [0.29, 0.717) is 17.9 Å². The number of likely N-dealkylation sites (N-methyl/N-ethyl adjacent to an activating group) is 1. The Bertz CT molecular complexity index is 759. The number of hydrogen-bond donors (Lipinski definition) is 1. The van der Waals surface area contributed by atoms with Gasteiger partial charge < -0.3 is 19.3 Å². The minimum atomic E-state index is -0.175. The molecule has 3 rings (SSSR count). The fourth-order valence-corrected chi connectivity index (χ4v) is 3.35. The maximum atomic E-state index is 12.8. The van der Waals surface area contributed by atoms with Crippen LogP contribution in [0.1, 0.15) is 40.8 Å². The van der Waals surface area contributed by atoms with Gasteiger partial charge in [-0.05, 0) is 32.8 Å². The number of aryl methyl sites for hydroxylation is 2. The molecular formula is C18H24N4O3. The Kier molecular flexibility index (Phi) is 5.03. The molecule has 0 saturated carbocycles. The van der Waals surface area contributed by atoms with Crippen molar-refractivity contribution < 1.29 is 14.3 Å². The van der Waals surface area contributed by atoms with Crippen LogP contribution < -0.4 is 4.90 Å². The third-order valence-electron chi connectivity index (χ3n) is 4.64. The Balaban J connectivity index is 1.76. The average molecular weight is 344 g/mol. The smallest absolute Gasteiger partial charge is 0.257 e. The lowest BCUT2D eigenvalue weighted by Crippen LogP contribution is -2.42. The van der Waals surface area contributed by atoms with Gasteiger partial charge in [0.2, 0.25) is 0 Å². The average Bonchev–Trinajstić information content (AvgIpc) is 3.24. The molecule has 2 aromatic rings. The molecule has 0 radical (unpaired) electrons. The van der Waals surface area contributed by atoms with Crippen LogP contribution >= 0.6 is 0 Å². The fourth-order valence-electron chi connectivity index (χ4n) is 3.35. The first kappa shape index (κ1) is 17.4. The normalized spacial score (nSPS) is 17.1. The van der Waals surface area contributed by atoms with Crippen molar-refractivity contribution in [3.05, 3.63) is 41.2 Å². The van der Waals surface area contributed by atoms with E-state index in [1.165, 1.54) is 6.26 Å². The van der Waals surface area contributed by atoms with Gasteiger partial charge in [-0.25, -0.2) is 9.97 Å². The first-order chi connectivity index (χ1) is 12.0. The van der Waals surface area contributed by atoms with Crippen LogP contribution in [0.3, 0.4) is 0 Å². The van der Waals surface area contributed by atoms with Gasteiger partial charge in [-0.15, -0.1) is 0 Å². The van der Waals surface area contributed by atoms with Crippen molar-refractivity contribution in [2.75, 3.05) is 24.5 Å². The van der Waals surface area contributed by atoms with Gasteiger partial charge in [0.1, 0.15) is 18.7 Å². The van der Waals surface area contributed by atoms with Crippen LogP contribution in [0.15, 0.2) is 23.0 Å². The third kappa shape index (κ3) is 3.51. The molecule has 1 aliphatic heterocycles. The molecule has 1 amide bonds. The lowest BCUT2D eigenvalue weighted by molar-refractivity contribution is 0.0703. The second kappa shape index (κ2) is 7.23. The van der Waals surface area contributed by atoms with Gasteiger partial charge in [0.25, 0.3) is 5.91 Å². The lowest BCUT2D eigenvalue weighted by atomic mass is 10.1. The van der Waals surface area contributed by atoms with Crippen molar-refractivity contribution in [2.45, 2.75) is 39.8 Å². The molecule has 1 N–H and O–H groups in total. The first-order valence-corrected chi connectivity index (χ1v) is 8.57. The molecule has 25 heavy (non-hydrogen) atoms. The van der Waals surface area contributed by atoms with E-state index >= 15 is 0 Å². The molecule has 1 aliphatic rings. The van der Waals surface area contributed by atoms with E-state index < -0.39 is 0 Å². The van der Waals surface area contributed by atoms with Crippen LogP contribution in [0.2, 0.25) is 0 Å². The van der Waals surface area contributed by atoms with Gasteiger partial charge in [0.05, 0.1) is 17.9 Å². The summed E-state index contributed by atoms with van der Waals surface area (Å²) in [5.41, 5.74) is 2.31. The molecule has 7 heteroatoms. The van der Waals surface area contributed by atoms with E-state index in [0.717, 1.165) is 36.6 Å². The number of carbonyl (C=O) groups is 1. The van der Waals surface area contributed by atoms with Crippen LogP contribution in [-0.4, -0.2) is 51.6 Å². The van der Waals surface area contributed by atoms with Crippen LogP contribution in [0, 0.1) is 13.8 Å². The number of carbonyl (C=O) groups excluding carboxylic acids is 1. The summed E-state index contributed by atoms with van der Waals surface area (Å²) in [6.07, 6.45) is 4.00. The predicted octanol–water partition coefficient (Wildman–Crippen LogP) is 1.92. The van der Waals surface area contributed by atoms with Crippen molar-refractivity contribution in [3.8, 4) is 0 Å². The molecule has 0 bridgehead atoms. The maximum absolute atomic E-state index is 12.8. The number of nitrogens with zero attached hydrogens (tertiary/aromatic N) is 4. The third-order valence-corrected chi connectivity index (χ3v) is 4.64. The SMILES string of the molecule is CCN(C(=O)c1cocc1C)C1CCN(c2cc(C)nc(CO)n2)C1. The van der Waals surface area contributed by atoms with Crippen molar-refractivity contribution in [1.29, 1.82) is 0 Å². The number of aromatic nitrogens is 2. The van der Waals surface area contributed by atoms with E-state index in [1.807, 2.05) is 31.7 Å². The van der Waals surface area contributed by atoms with Gasteiger partial charge in [-0.1, -0.05) is 0 Å². The van der Waals surface area contributed by atoms with E-state index in [9.17, 15) is 9.90 Å². The second-order valence-corrected chi connectivity index (χ2v) is 6.39. The summed E-state index contributed by atoms with van der Waals surface area (Å²) in [4.78, 5) is 25.5. The van der Waals surface area contributed by atoms with Crippen LogP contribution in [0.4, 0.5) is 5.82 Å². The van der Waals surface area contributed by atoms with Gasteiger partial charge >= 0.3 is 0 Å². The summed E-state index contributed by atoms with van der Waals surface area (Å²) in [6, 6.07) is 2.04. The van der Waals surface area contributed by atoms with E-state index in [1.54, 1.807) is 6.26 Å². The molecule has 1 saturated heterocycles. The van der Waals surface area contributed by atoms with E-state index in [2.05, 4.69) is 14.9 Å². The predicted molar refractivity (Wildman–Crippen MR) is 93.5 cm³/mol. The van der Waals surface area contributed by atoms with Crippen molar-refractivity contribution in [3.63, 3.8) is 0 Å². The van der Waals surface area contributed by atoms with Gasteiger partial charge in [0.15, 0.2) is 5.82 Å². The van der Waals surface area contributed by atoms with Gasteiger partial charge in [-0.3, -0.25) is 4.79 Å². The molecule has 2 aromatic heterocycles. The Morgan fingerprint density at radius 2 is 2.20 bits per heavy atom. The zero-order valence-electron chi connectivity index (χ0n) is 14.9. The highest BCUT2D eigenvalue weighted by Gasteiger charge is 2.32. The minimum absolute atomic E-state index is 0.00974. The quantitative estimate of drug-likeness (QED) is 0.892. The minimum Gasteiger partial charge on any atom is -0.471 e. The zero-order chi connectivity index (χ0) is 18.0. The highest BCUT2D eigenvalue weighted by atomic mass is 16.3. The molecule has 0 spiro atoms. The van der Waals surface area contributed by atoms with Crippen LogP contribution in [0.25, 0.3) is 0 Å². The number of aliphatic hydroxyl groups excluding tert-OH is 1. The molecule has 1 atom stereocenters. The van der Waals surface area contributed by atoms with Gasteiger partial charge in [0, 0.05) is 31.4 Å². The molecule has 134 valence electrons. The highest BCUT2D eigenvalue weighted by Crippen LogP contribution is 2.24. The molecule has 0 aliphatic carbocycles. The maximum Gasteiger partial charge on any atom is 0.257 e. The van der Waals surface area contributed by atoms with E-state index in [-0.39, 0.29) is 18.6 Å². The number of hydrogen-bond acceptors (Lipinski definition) is 6. The number of anilines is 1. The summed E-state index contributed by atoms with van der Waals surface area (Å²) in [7, 11) is 0. The standard InChI is InChI=1S/C18H24N4O3/c1-4-22(18(24)15-11-25-10-12(15)2)14-5-6-21(8-14)17-7-13(3)19-16(9-23)20-17/h7,10-11,14,23H,4-6,8-9H2,1-3H3. The van der Waals surface area contributed by atoms with Gasteiger partial charge in [-0.2, -0.15) is 0 Å². The van der Waals surface area contributed by atoms with E-state index in [4.69, 9.17) is 4.42 Å². The topological polar surface area (TPSA) is 82.7 Å². The number of rotatable bonds is 5. The number of furan rings is 1. The first-order valence-electron chi connectivity index (χ1n) is 8.57. The second-order valence-electron chi connectivity index (χ2n) is 6.39. The van der Waals surface area contributed by atoms with Crippen LogP contribution in [-0.2, 0) is 6.61 Å². The summed E-state index contributed by atoms with van der Waals surface area (Å²) >= 11 is 0. The van der Waals surface area contributed by atoms with Crippen LogP contribution in [0.5, 0.6) is 0 Å². The molecule has 1 unspecified atom stereocenters. The zero-order valence-corrected chi connectivity index (χ0v) is 14.9. The summed E-state index contributed by atoms with van der Waals surface area (Å²) in [6.45, 7) is 7.78. The Morgan fingerprint density at radius 3 is 2.84 bits per heavy atom. The summed E-state index contributed by atoms with van der Waals surface area (Å²) < 4.78 is 5.15. The highest BCUT2D eigenvalue weighted by molar-refractivity contribution is 5.95. The summed E-state index contributed by atoms with van der Waals surface area (Å²) in [5, 5.41) is 9.31. The monoisotopic (exact) mass is 344 g/mol. The molecule has 1 fully saturated rings. The Morgan fingerprint density at radius 1 is 1.40 bits per heavy atom. The molecule has 3 heterocycles. The number of aliphatic hydroxyl groups is 1. The fraction of sp³-hybridized carbons (Fsp3) is 0.500. The number of amides is 1. The largest absolute Gasteiger partial charge is 0.471 e. The Hall–Kier alpha value is -2.41.